The number of hydrogen-bond donors (Lipinski definition) is 2. The van der Waals surface area contributed by atoms with Gasteiger partial charge in [-0.05, 0) is 43.0 Å². The number of nitrogens with one attached hydrogen (secondary N) is 1. The monoisotopic (exact) mass is 310 g/mol. The summed E-state index contributed by atoms with van der Waals surface area (Å²) >= 11 is 1.19. The zero-order valence-electron chi connectivity index (χ0n) is 13.8. The van der Waals surface area contributed by atoms with Crippen LogP contribution in [0, 0.1) is 5.92 Å². The van der Waals surface area contributed by atoms with Crippen LogP contribution < -0.4 is 10.5 Å². The molecule has 0 aliphatic rings. The van der Waals surface area contributed by atoms with Crippen molar-refractivity contribution >= 4 is 23.5 Å². The lowest BCUT2D eigenvalue weighted by atomic mass is 9.96. The molecule has 0 aromatic heterocycles. The number of amides is 1. The zero-order chi connectivity index (χ0) is 16.1. The predicted octanol–water partition coefficient (Wildman–Crippen LogP) is 5.22. The Hall–Kier alpha value is -1.00. The van der Waals surface area contributed by atoms with Gasteiger partial charge in [-0.1, -0.05) is 53.0 Å². The molecule has 3 N–H and O–H groups in total. The van der Waals surface area contributed by atoms with Gasteiger partial charge in [0.25, 0.3) is 0 Å². The Morgan fingerprint density at radius 3 is 2.52 bits per heavy atom. The quantitative estimate of drug-likeness (QED) is 0.647. The second-order valence-corrected chi connectivity index (χ2v) is 5.47. The maximum absolute atomic E-state index is 12.3. The van der Waals surface area contributed by atoms with E-state index in [1.165, 1.54) is 11.9 Å². The highest BCUT2D eigenvalue weighted by atomic mass is 32.2. The molecule has 0 heterocycles. The third-order valence-corrected chi connectivity index (χ3v) is 3.68. The maximum atomic E-state index is 12.3. The third kappa shape index (κ3) is 8.12. The van der Waals surface area contributed by atoms with Gasteiger partial charge in [0.15, 0.2) is 0 Å². The van der Waals surface area contributed by atoms with Crippen molar-refractivity contribution in [3.63, 3.8) is 0 Å². The summed E-state index contributed by atoms with van der Waals surface area (Å²) in [5, 5.41) is 8.53. The van der Waals surface area contributed by atoms with Crippen LogP contribution in [0.25, 0.3) is 0 Å². The van der Waals surface area contributed by atoms with Gasteiger partial charge in [0.1, 0.15) is 0 Å². The minimum Gasteiger partial charge on any atom is -0.326 e. The Morgan fingerprint density at radius 1 is 1.24 bits per heavy atom. The molecule has 0 fully saturated rings. The van der Waals surface area contributed by atoms with Gasteiger partial charge in [-0.3, -0.25) is 9.93 Å². The molecular weight excluding hydrogens is 280 g/mol. The summed E-state index contributed by atoms with van der Waals surface area (Å²) < 4.78 is 0. The maximum Gasteiger partial charge on any atom is 0.227 e. The van der Waals surface area contributed by atoms with Crippen LogP contribution in [0.4, 0.5) is 5.69 Å². The summed E-state index contributed by atoms with van der Waals surface area (Å²) in [5.41, 5.74) is 0.832. The Balaban J connectivity index is 0.00000191. The van der Waals surface area contributed by atoms with E-state index < -0.39 is 0 Å². The first-order valence-electron chi connectivity index (χ1n) is 7.98. The molecule has 120 valence electrons. The molecule has 0 aliphatic heterocycles. The van der Waals surface area contributed by atoms with Crippen molar-refractivity contribution in [3.05, 3.63) is 24.3 Å². The summed E-state index contributed by atoms with van der Waals surface area (Å²) in [7, 11) is 0. The van der Waals surface area contributed by atoms with Crippen molar-refractivity contribution in [1.82, 2.24) is 0 Å². The fourth-order valence-electron chi connectivity index (χ4n) is 2.10. The van der Waals surface area contributed by atoms with Crippen molar-refractivity contribution in [2.45, 2.75) is 64.7 Å². The zero-order valence-corrected chi connectivity index (χ0v) is 14.6. The molecule has 3 nitrogen and oxygen atoms in total. The van der Waals surface area contributed by atoms with Crippen molar-refractivity contribution in [3.8, 4) is 0 Å². The topological polar surface area (TPSA) is 55.1 Å². The first kappa shape index (κ1) is 20.0. The Labute approximate surface area is 134 Å². The van der Waals surface area contributed by atoms with Gasteiger partial charge in [0, 0.05) is 16.5 Å². The molecule has 4 heteroatoms. The van der Waals surface area contributed by atoms with Crippen molar-refractivity contribution in [2.75, 3.05) is 5.32 Å². The highest BCUT2D eigenvalue weighted by Gasteiger charge is 2.17. The molecule has 0 bridgehead atoms. The average molecular weight is 311 g/mol. The molecular formula is C17H30N2OS. The number of nitrogens with two attached hydrogens (primary N) is 1. The lowest BCUT2D eigenvalue weighted by Crippen LogP contribution is -2.22. The molecule has 0 saturated carbocycles. The summed E-state index contributed by atoms with van der Waals surface area (Å²) in [5.74, 6) is 0.258. The molecule has 1 aromatic carbocycles. The smallest absolute Gasteiger partial charge is 0.227 e. The molecule has 1 amide bonds. The molecule has 0 spiro atoms. The van der Waals surface area contributed by atoms with Gasteiger partial charge < -0.3 is 5.32 Å². The minimum atomic E-state index is 0.124. The first-order valence-corrected chi connectivity index (χ1v) is 8.86. The van der Waals surface area contributed by atoms with E-state index >= 15 is 0 Å². The standard InChI is InChI=1S/C15H24N2OS.C2H6/c1-3-5-8-12(7-4-2)15(18)17-13-9-6-10-14(11-13)19-16;1-2/h6,9-12H,3-5,7-8,16H2,1-2H3,(H,17,18);1-2H3. The highest BCUT2D eigenvalue weighted by molar-refractivity contribution is 7.97. The molecule has 0 radical (unpaired) electrons. The van der Waals surface area contributed by atoms with Crippen LogP contribution in [0.15, 0.2) is 29.2 Å². The summed E-state index contributed by atoms with van der Waals surface area (Å²) in [6.07, 6.45) is 5.21. The number of benzene rings is 1. The Morgan fingerprint density at radius 2 is 1.95 bits per heavy atom. The van der Waals surface area contributed by atoms with Gasteiger partial charge in [0.2, 0.25) is 5.91 Å². The Bertz CT molecular complexity index is 396. The van der Waals surface area contributed by atoms with Crippen LogP contribution in [-0.2, 0) is 4.79 Å². The SMILES string of the molecule is CC.CCCCC(CCC)C(=O)Nc1cccc(SN)c1. The fourth-order valence-corrected chi connectivity index (χ4v) is 2.45. The van der Waals surface area contributed by atoms with Crippen LogP contribution >= 0.6 is 11.9 Å². The normalized spacial score (nSPS) is 11.3. The summed E-state index contributed by atoms with van der Waals surface area (Å²) in [4.78, 5) is 13.2. The van der Waals surface area contributed by atoms with Crippen LogP contribution in [0.5, 0.6) is 0 Å². The van der Waals surface area contributed by atoms with Gasteiger partial charge in [-0.15, -0.1) is 0 Å². The molecule has 1 unspecified atom stereocenters. The number of hydrogen-bond acceptors (Lipinski definition) is 3. The second-order valence-electron chi connectivity index (χ2n) is 4.76. The van der Waals surface area contributed by atoms with Gasteiger partial charge in [-0.25, -0.2) is 0 Å². The number of carbonyl (C=O) groups is 1. The highest BCUT2D eigenvalue weighted by Crippen LogP contribution is 2.20. The minimum absolute atomic E-state index is 0.124. The third-order valence-electron chi connectivity index (χ3n) is 3.15. The lowest BCUT2D eigenvalue weighted by molar-refractivity contribution is -0.120. The summed E-state index contributed by atoms with van der Waals surface area (Å²) in [6.45, 7) is 8.28. The van der Waals surface area contributed by atoms with E-state index in [1.807, 2.05) is 38.1 Å². The molecule has 1 rings (SSSR count). The van der Waals surface area contributed by atoms with E-state index in [-0.39, 0.29) is 11.8 Å². The van der Waals surface area contributed by atoms with E-state index in [9.17, 15) is 4.79 Å². The second kappa shape index (κ2) is 12.7. The van der Waals surface area contributed by atoms with Crippen molar-refractivity contribution in [2.24, 2.45) is 11.1 Å². The van der Waals surface area contributed by atoms with Gasteiger partial charge in [0.05, 0.1) is 0 Å². The van der Waals surface area contributed by atoms with Crippen LogP contribution in [-0.4, -0.2) is 5.91 Å². The van der Waals surface area contributed by atoms with Crippen LogP contribution in [0.3, 0.4) is 0 Å². The number of carbonyl (C=O) groups excluding carboxylic acids is 1. The summed E-state index contributed by atoms with van der Waals surface area (Å²) in [6, 6.07) is 7.65. The number of unbranched alkanes of at least 4 members (excludes halogenated alkanes) is 1. The molecule has 1 aromatic rings. The Kier molecular flexibility index (Phi) is 12.1. The van der Waals surface area contributed by atoms with Crippen LogP contribution in [0.2, 0.25) is 0 Å². The van der Waals surface area contributed by atoms with E-state index in [1.54, 1.807) is 0 Å². The van der Waals surface area contributed by atoms with Crippen LogP contribution in [0.1, 0.15) is 59.8 Å². The largest absolute Gasteiger partial charge is 0.326 e. The van der Waals surface area contributed by atoms with E-state index in [0.29, 0.717) is 0 Å². The molecule has 0 aliphatic carbocycles. The van der Waals surface area contributed by atoms with Gasteiger partial charge >= 0.3 is 0 Å². The molecule has 21 heavy (non-hydrogen) atoms. The van der Waals surface area contributed by atoms with E-state index in [4.69, 9.17) is 5.14 Å². The average Bonchev–Trinajstić information content (AvgIpc) is 2.53. The molecule has 0 saturated heterocycles. The van der Waals surface area contributed by atoms with E-state index in [2.05, 4.69) is 19.2 Å². The van der Waals surface area contributed by atoms with E-state index in [0.717, 1.165) is 42.7 Å². The van der Waals surface area contributed by atoms with Crippen molar-refractivity contribution < 1.29 is 4.79 Å². The predicted molar refractivity (Wildman–Crippen MR) is 94.4 cm³/mol. The first-order chi connectivity index (χ1) is 10.2. The van der Waals surface area contributed by atoms with Gasteiger partial charge in [-0.2, -0.15) is 0 Å². The number of rotatable bonds is 8. The lowest BCUT2D eigenvalue weighted by Gasteiger charge is -2.16. The fraction of sp³-hybridized carbons (Fsp3) is 0.588. The molecule has 1 atom stereocenters. The number of anilines is 1. The van der Waals surface area contributed by atoms with Crippen molar-refractivity contribution in [1.29, 1.82) is 0 Å².